The SMILES string of the molecule is CC(=O)Nc1sc(C)c(C)c1C(=O)OCC(=O)N(C)Cc1ccc(F)cc1. The van der Waals surface area contributed by atoms with Crippen molar-refractivity contribution in [2.24, 2.45) is 0 Å². The Morgan fingerprint density at radius 2 is 1.81 bits per heavy atom. The van der Waals surface area contributed by atoms with Crippen molar-refractivity contribution in [1.82, 2.24) is 4.90 Å². The molecule has 0 aliphatic heterocycles. The van der Waals surface area contributed by atoms with Gasteiger partial charge in [-0.1, -0.05) is 12.1 Å². The van der Waals surface area contributed by atoms with Crippen LogP contribution in [0.4, 0.5) is 9.39 Å². The van der Waals surface area contributed by atoms with E-state index in [-0.39, 0.29) is 23.8 Å². The first-order valence-corrected chi connectivity index (χ1v) is 9.03. The molecule has 8 heteroatoms. The van der Waals surface area contributed by atoms with Gasteiger partial charge in [-0.15, -0.1) is 11.3 Å². The van der Waals surface area contributed by atoms with Crippen LogP contribution >= 0.6 is 11.3 Å². The molecule has 27 heavy (non-hydrogen) atoms. The minimum Gasteiger partial charge on any atom is -0.452 e. The van der Waals surface area contributed by atoms with E-state index in [0.29, 0.717) is 10.6 Å². The molecule has 0 unspecified atom stereocenters. The number of nitrogens with one attached hydrogen (secondary N) is 1. The summed E-state index contributed by atoms with van der Waals surface area (Å²) in [4.78, 5) is 38.2. The number of aryl methyl sites for hydroxylation is 1. The smallest absolute Gasteiger partial charge is 0.341 e. The third-order valence-electron chi connectivity index (χ3n) is 3.96. The second-order valence-corrected chi connectivity index (χ2v) is 7.35. The van der Waals surface area contributed by atoms with Crippen LogP contribution in [-0.4, -0.2) is 36.3 Å². The van der Waals surface area contributed by atoms with Crippen LogP contribution in [0.1, 0.15) is 33.3 Å². The first-order valence-electron chi connectivity index (χ1n) is 8.22. The Hall–Kier alpha value is -2.74. The summed E-state index contributed by atoms with van der Waals surface area (Å²) in [5.74, 6) is -1.69. The molecule has 2 aromatic rings. The molecule has 0 saturated heterocycles. The average Bonchev–Trinajstić information content (AvgIpc) is 2.87. The maximum atomic E-state index is 12.9. The van der Waals surface area contributed by atoms with Crippen molar-refractivity contribution in [3.05, 3.63) is 51.7 Å². The Bertz CT molecular complexity index is 861. The lowest BCUT2D eigenvalue weighted by molar-refractivity contribution is -0.133. The van der Waals surface area contributed by atoms with E-state index in [2.05, 4.69) is 5.32 Å². The number of likely N-dealkylation sites (N-methyl/N-ethyl adjacent to an activating group) is 1. The van der Waals surface area contributed by atoms with Gasteiger partial charge in [0.25, 0.3) is 5.91 Å². The van der Waals surface area contributed by atoms with Gasteiger partial charge in [0, 0.05) is 25.4 Å². The van der Waals surface area contributed by atoms with Crippen LogP contribution in [0.2, 0.25) is 0 Å². The van der Waals surface area contributed by atoms with Crippen LogP contribution in [0.3, 0.4) is 0 Å². The quantitative estimate of drug-likeness (QED) is 0.766. The van der Waals surface area contributed by atoms with E-state index >= 15 is 0 Å². The van der Waals surface area contributed by atoms with E-state index in [0.717, 1.165) is 10.4 Å². The molecule has 0 bridgehead atoms. The highest BCUT2D eigenvalue weighted by molar-refractivity contribution is 7.16. The number of amides is 2. The Balaban J connectivity index is 1.99. The zero-order chi connectivity index (χ0) is 20.1. The van der Waals surface area contributed by atoms with E-state index in [9.17, 15) is 18.8 Å². The van der Waals surface area contributed by atoms with Crippen molar-refractivity contribution in [2.75, 3.05) is 19.0 Å². The molecule has 144 valence electrons. The number of halogens is 1. The highest BCUT2D eigenvalue weighted by Crippen LogP contribution is 2.32. The number of carbonyl (C=O) groups excluding carboxylic acids is 3. The van der Waals surface area contributed by atoms with E-state index < -0.39 is 18.5 Å². The van der Waals surface area contributed by atoms with Crippen LogP contribution in [0, 0.1) is 19.7 Å². The molecule has 2 rings (SSSR count). The Labute approximate surface area is 160 Å². The molecular weight excluding hydrogens is 371 g/mol. The summed E-state index contributed by atoms with van der Waals surface area (Å²) in [5, 5.41) is 3.03. The number of nitrogens with zero attached hydrogens (tertiary/aromatic N) is 1. The fourth-order valence-electron chi connectivity index (χ4n) is 2.38. The van der Waals surface area contributed by atoms with Gasteiger partial charge >= 0.3 is 5.97 Å². The second kappa shape index (κ2) is 8.77. The van der Waals surface area contributed by atoms with Crippen LogP contribution in [0.15, 0.2) is 24.3 Å². The molecule has 0 radical (unpaired) electrons. The topological polar surface area (TPSA) is 75.7 Å². The number of ether oxygens (including phenoxy) is 1. The summed E-state index contributed by atoms with van der Waals surface area (Å²) in [7, 11) is 1.57. The summed E-state index contributed by atoms with van der Waals surface area (Å²) < 4.78 is 18.1. The van der Waals surface area contributed by atoms with Gasteiger partial charge in [0.2, 0.25) is 5.91 Å². The van der Waals surface area contributed by atoms with Gasteiger partial charge in [-0.25, -0.2) is 9.18 Å². The van der Waals surface area contributed by atoms with Gasteiger partial charge < -0.3 is 15.0 Å². The predicted molar refractivity (Wildman–Crippen MR) is 101 cm³/mol. The lowest BCUT2D eigenvalue weighted by Gasteiger charge is -2.17. The van der Waals surface area contributed by atoms with Crippen molar-refractivity contribution in [3.63, 3.8) is 0 Å². The molecule has 0 saturated carbocycles. The lowest BCUT2D eigenvalue weighted by atomic mass is 10.1. The molecule has 1 N–H and O–H groups in total. The standard InChI is InChI=1S/C19H21FN2O4S/c1-11-12(2)27-18(21-13(3)23)17(11)19(25)26-10-16(24)22(4)9-14-5-7-15(20)8-6-14/h5-8H,9-10H2,1-4H3,(H,21,23). The molecule has 0 aliphatic rings. The fraction of sp³-hybridized carbons (Fsp3) is 0.316. The molecule has 6 nitrogen and oxygen atoms in total. The van der Waals surface area contributed by atoms with Gasteiger partial charge in [0.1, 0.15) is 10.8 Å². The number of carbonyl (C=O) groups is 3. The van der Waals surface area contributed by atoms with Crippen molar-refractivity contribution in [2.45, 2.75) is 27.3 Å². The summed E-state index contributed by atoms with van der Waals surface area (Å²) in [5.41, 5.74) is 1.73. The van der Waals surface area contributed by atoms with Crippen LogP contribution < -0.4 is 5.32 Å². The molecule has 0 aliphatic carbocycles. The Morgan fingerprint density at radius 1 is 1.19 bits per heavy atom. The van der Waals surface area contributed by atoms with Crippen molar-refractivity contribution in [1.29, 1.82) is 0 Å². The highest BCUT2D eigenvalue weighted by Gasteiger charge is 2.23. The number of thiophene rings is 1. The minimum atomic E-state index is -0.663. The zero-order valence-corrected chi connectivity index (χ0v) is 16.4. The van der Waals surface area contributed by atoms with Gasteiger partial charge in [0.05, 0.1) is 5.56 Å². The maximum absolute atomic E-state index is 12.9. The number of anilines is 1. The van der Waals surface area contributed by atoms with Gasteiger partial charge in [-0.3, -0.25) is 9.59 Å². The summed E-state index contributed by atoms with van der Waals surface area (Å²) in [6, 6.07) is 5.81. The number of hydrogen-bond acceptors (Lipinski definition) is 5. The Kier molecular flexibility index (Phi) is 6.68. The third kappa shape index (κ3) is 5.37. The van der Waals surface area contributed by atoms with Crippen molar-refractivity contribution < 1.29 is 23.5 Å². The molecule has 1 aromatic carbocycles. The number of rotatable bonds is 6. The fourth-order valence-corrected chi connectivity index (χ4v) is 3.48. The molecule has 0 spiro atoms. The molecule has 0 atom stereocenters. The first kappa shape index (κ1) is 20.6. The summed E-state index contributed by atoms with van der Waals surface area (Å²) in [6.45, 7) is 4.79. The zero-order valence-electron chi connectivity index (χ0n) is 15.6. The minimum absolute atomic E-state index is 0.265. The largest absolute Gasteiger partial charge is 0.452 e. The number of esters is 1. The van der Waals surface area contributed by atoms with E-state index in [1.54, 1.807) is 26.1 Å². The van der Waals surface area contributed by atoms with E-state index in [1.165, 1.54) is 35.3 Å². The molecule has 2 amide bonds. The molecule has 1 aromatic heterocycles. The number of hydrogen-bond donors (Lipinski definition) is 1. The predicted octanol–water partition coefficient (Wildman–Crippen LogP) is 3.28. The van der Waals surface area contributed by atoms with Crippen LogP contribution in [0.25, 0.3) is 0 Å². The molecule has 0 fully saturated rings. The molecular formula is C19H21FN2O4S. The van der Waals surface area contributed by atoms with Gasteiger partial charge in [-0.2, -0.15) is 0 Å². The monoisotopic (exact) mass is 392 g/mol. The lowest BCUT2D eigenvalue weighted by Crippen LogP contribution is -2.31. The molecule has 1 heterocycles. The normalized spacial score (nSPS) is 10.4. The van der Waals surface area contributed by atoms with Crippen LogP contribution in [0.5, 0.6) is 0 Å². The van der Waals surface area contributed by atoms with Crippen molar-refractivity contribution >= 4 is 34.1 Å². The van der Waals surface area contributed by atoms with Gasteiger partial charge in [0.15, 0.2) is 6.61 Å². The van der Waals surface area contributed by atoms with E-state index in [4.69, 9.17) is 4.74 Å². The summed E-state index contributed by atoms with van der Waals surface area (Å²) in [6.07, 6.45) is 0. The highest BCUT2D eigenvalue weighted by atomic mass is 32.1. The average molecular weight is 392 g/mol. The maximum Gasteiger partial charge on any atom is 0.341 e. The second-order valence-electron chi connectivity index (χ2n) is 6.12. The first-order chi connectivity index (χ1) is 12.7. The van der Waals surface area contributed by atoms with Gasteiger partial charge in [-0.05, 0) is 37.1 Å². The number of benzene rings is 1. The Morgan fingerprint density at radius 3 is 2.41 bits per heavy atom. The van der Waals surface area contributed by atoms with Crippen LogP contribution in [-0.2, 0) is 20.9 Å². The third-order valence-corrected chi connectivity index (χ3v) is 5.09. The van der Waals surface area contributed by atoms with Crippen molar-refractivity contribution in [3.8, 4) is 0 Å². The van der Waals surface area contributed by atoms with E-state index in [1.807, 2.05) is 6.92 Å². The summed E-state index contributed by atoms with van der Waals surface area (Å²) >= 11 is 1.28.